The molecule has 0 bridgehead atoms. The van der Waals surface area contributed by atoms with Gasteiger partial charge in [-0.15, -0.1) is 0 Å². The Bertz CT molecular complexity index is 373. The largest absolute Gasteiger partial charge is 0.477 e. The lowest BCUT2D eigenvalue weighted by Crippen LogP contribution is -2.67. The van der Waals surface area contributed by atoms with Crippen molar-refractivity contribution in [2.45, 2.75) is 32.4 Å². The molecule has 1 aliphatic heterocycles. The van der Waals surface area contributed by atoms with E-state index in [1.165, 1.54) is 11.0 Å². The van der Waals surface area contributed by atoms with Crippen molar-refractivity contribution in [3.8, 4) is 0 Å². The molecule has 2 atom stereocenters. The first kappa shape index (κ1) is 12.4. The Morgan fingerprint density at radius 2 is 2.25 bits per heavy atom. The number of allylic oxidation sites excluding steroid dienone is 2. The Hall–Kier alpha value is -1.62. The van der Waals surface area contributed by atoms with Crippen molar-refractivity contribution in [1.29, 1.82) is 0 Å². The first-order valence-electron chi connectivity index (χ1n) is 5.13. The van der Waals surface area contributed by atoms with E-state index in [0.717, 1.165) is 0 Å². The molecule has 0 aliphatic carbocycles. The van der Waals surface area contributed by atoms with Gasteiger partial charge in [-0.2, -0.15) is 0 Å². The summed E-state index contributed by atoms with van der Waals surface area (Å²) in [5.41, 5.74) is 6.08. The van der Waals surface area contributed by atoms with Crippen LogP contribution in [0.5, 0.6) is 0 Å². The van der Waals surface area contributed by atoms with Gasteiger partial charge in [0.25, 0.3) is 0 Å². The van der Waals surface area contributed by atoms with Crippen LogP contribution in [0.3, 0.4) is 0 Å². The number of hydrogen-bond donors (Lipinski definition) is 2. The van der Waals surface area contributed by atoms with Crippen molar-refractivity contribution in [3.05, 3.63) is 23.9 Å². The molecule has 2 unspecified atom stereocenters. The van der Waals surface area contributed by atoms with E-state index in [1.807, 2.05) is 6.92 Å². The predicted octanol–water partition coefficient (Wildman–Crippen LogP) is 0.479. The Morgan fingerprint density at radius 3 is 2.56 bits per heavy atom. The van der Waals surface area contributed by atoms with Crippen LogP contribution in [-0.4, -0.2) is 34.0 Å². The van der Waals surface area contributed by atoms with Crippen LogP contribution < -0.4 is 5.73 Å². The maximum Gasteiger partial charge on any atom is 0.352 e. The summed E-state index contributed by atoms with van der Waals surface area (Å²) in [6, 6.07) is -0.877. The van der Waals surface area contributed by atoms with Crippen molar-refractivity contribution >= 4 is 11.9 Å². The summed E-state index contributed by atoms with van der Waals surface area (Å²) in [7, 11) is 0. The van der Waals surface area contributed by atoms with Crippen LogP contribution in [0, 0.1) is 0 Å². The van der Waals surface area contributed by atoms with Gasteiger partial charge in [0.1, 0.15) is 11.7 Å². The van der Waals surface area contributed by atoms with Crippen molar-refractivity contribution in [2.75, 3.05) is 0 Å². The van der Waals surface area contributed by atoms with Gasteiger partial charge in [0, 0.05) is 0 Å². The van der Waals surface area contributed by atoms with Gasteiger partial charge in [-0.25, -0.2) is 4.79 Å². The van der Waals surface area contributed by atoms with E-state index < -0.39 is 12.0 Å². The lowest BCUT2D eigenvalue weighted by molar-refractivity contribution is -0.150. The molecular formula is C11H16N2O3. The molecule has 0 spiro atoms. The number of carbonyl (C=O) groups is 2. The van der Waals surface area contributed by atoms with Crippen molar-refractivity contribution in [1.82, 2.24) is 4.90 Å². The van der Waals surface area contributed by atoms with E-state index in [0.29, 0.717) is 12.0 Å². The molecule has 5 nitrogen and oxygen atoms in total. The van der Waals surface area contributed by atoms with Crippen LogP contribution >= 0.6 is 0 Å². The molecule has 5 heteroatoms. The zero-order valence-electron chi connectivity index (χ0n) is 9.43. The number of amides is 1. The van der Waals surface area contributed by atoms with E-state index in [-0.39, 0.29) is 17.6 Å². The number of nitrogens with two attached hydrogens (primary N) is 1. The quantitative estimate of drug-likeness (QED) is 0.413. The van der Waals surface area contributed by atoms with Crippen molar-refractivity contribution in [2.24, 2.45) is 5.73 Å². The van der Waals surface area contributed by atoms with Gasteiger partial charge in [0.15, 0.2) is 0 Å². The molecule has 1 aliphatic rings. The second-order valence-electron chi connectivity index (χ2n) is 3.71. The standard InChI is InChI=1S/C11H16N2O3/c1-4-7(5-2)9(11(15)16)13-6(3)8(12)10(13)14/h4,6,8H,1,5,12H2,2-3H3,(H,15,16)/b9-7-. The number of nitrogens with zero attached hydrogens (tertiary/aromatic N) is 1. The minimum atomic E-state index is -1.12. The fourth-order valence-electron chi connectivity index (χ4n) is 1.76. The summed E-state index contributed by atoms with van der Waals surface area (Å²) in [6.07, 6.45) is 1.98. The molecule has 0 aromatic carbocycles. The number of carbonyl (C=O) groups excluding carboxylic acids is 1. The Balaban J connectivity index is 3.15. The lowest BCUT2D eigenvalue weighted by Gasteiger charge is -2.43. The molecule has 88 valence electrons. The minimum Gasteiger partial charge on any atom is -0.477 e. The van der Waals surface area contributed by atoms with E-state index in [4.69, 9.17) is 10.8 Å². The molecule has 1 heterocycles. The minimum absolute atomic E-state index is 0.00306. The van der Waals surface area contributed by atoms with Crippen LogP contribution in [-0.2, 0) is 9.59 Å². The molecule has 1 fully saturated rings. The third-order valence-electron chi connectivity index (χ3n) is 2.82. The van der Waals surface area contributed by atoms with E-state index >= 15 is 0 Å². The van der Waals surface area contributed by atoms with Crippen LogP contribution in [0.25, 0.3) is 0 Å². The first-order valence-corrected chi connectivity index (χ1v) is 5.13. The number of aliphatic carboxylic acids is 1. The zero-order valence-corrected chi connectivity index (χ0v) is 9.43. The van der Waals surface area contributed by atoms with Gasteiger partial charge in [-0.1, -0.05) is 19.6 Å². The van der Waals surface area contributed by atoms with Gasteiger partial charge in [0.05, 0.1) is 6.04 Å². The number of rotatable bonds is 4. The fraction of sp³-hybridized carbons (Fsp3) is 0.455. The summed E-state index contributed by atoms with van der Waals surface area (Å²) in [5, 5.41) is 9.12. The molecule has 0 aromatic rings. The zero-order chi connectivity index (χ0) is 12.5. The second-order valence-corrected chi connectivity index (χ2v) is 3.71. The van der Waals surface area contributed by atoms with E-state index in [1.54, 1.807) is 6.92 Å². The number of likely N-dealkylation sites (tertiary alicyclic amines) is 1. The maximum atomic E-state index is 11.5. The topological polar surface area (TPSA) is 83.6 Å². The highest BCUT2D eigenvalue weighted by Gasteiger charge is 2.46. The number of β-lactam (4-membered cyclic amide) rings is 1. The average molecular weight is 224 g/mol. The fourth-order valence-corrected chi connectivity index (χ4v) is 1.76. The smallest absolute Gasteiger partial charge is 0.352 e. The van der Waals surface area contributed by atoms with Crippen LogP contribution in [0.4, 0.5) is 0 Å². The van der Waals surface area contributed by atoms with Gasteiger partial charge in [-0.05, 0) is 18.9 Å². The monoisotopic (exact) mass is 224 g/mol. The van der Waals surface area contributed by atoms with Crippen molar-refractivity contribution in [3.63, 3.8) is 0 Å². The van der Waals surface area contributed by atoms with Gasteiger partial charge in [-0.3, -0.25) is 9.69 Å². The second kappa shape index (κ2) is 4.49. The van der Waals surface area contributed by atoms with Gasteiger partial charge in [0.2, 0.25) is 5.91 Å². The van der Waals surface area contributed by atoms with Gasteiger partial charge < -0.3 is 10.8 Å². The van der Waals surface area contributed by atoms with Crippen molar-refractivity contribution < 1.29 is 14.7 Å². The lowest BCUT2D eigenvalue weighted by atomic mass is 9.95. The van der Waals surface area contributed by atoms with Crippen LogP contribution in [0.2, 0.25) is 0 Å². The summed E-state index contributed by atoms with van der Waals surface area (Å²) in [6.45, 7) is 7.10. The highest BCUT2D eigenvalue weighted by Crippen LogP contribution is 2.27. The summed E-state index contributed by atoms with van der Waals surface area (Å²) >= 11 is 0. The molecule has 0 saturated carbocycles. The molecule has 0 aromatic heterocycles. The molecule has 1 amide bonds. The summed E-state index contributed by atoms with van der Waals surface area (Å²) < 4.78 is 0. The SMILES string of the molecule is C=C/C(CC)=C(\C(=O)O)N1C(=O)C(N)C1C. The van der Waals surface area contributed by atoms with E-state index in [9.17, 15) is 9.59 Å². The Kier molecular flexibility index (Phi) is 3.49. The molecule has 1 saturated heterocycles. The maximum absolute atomic E-state index is 11.5. The summed E-state index contributed by atoms with van der Waals surface area (Å²) in [4.78, 5) is 23.9. The van der Waals surface area contributed by atoms with Gasteiger partial charge >= 0.3 is 5.97 Å². The molecule has 16 heavy (non-hydrogen) atoms. The molecule has 3 N–H and O–H groups in total. The molecular weight excluding hydrogens is 208 g/mol. The Labute approximate surface area is 94.2 Å². The highest BCUT2D eigenvalue weighted by molar-refractivity contribution is 5.99. The Morgan fingerprint density at radius 1 is 1.69 bits per heavy atom. The third-order valence-corrected chi connectivity index (χ3v) is 2.82. The predicted molar refractivity (Wildman–Crippen MR) is 59.4 cm³/mol. The highest BCUT2D eigenvalue weighted by atomic mass is 16.4. The number of hydrogen-bond acceptors (Lipinski definition) is 3. The third kappa shape index (κ3) is 1.74. The first-order chi connectivity index (χ1) is 7.45. The van der Waals surface area contributed by atoms with Crippen LogP contribution in [0.1, 0.15) is 20.3 Å². The van der Waals surface area contributed by atoms with E-state index in [2.05, 4.69) is 6.58 Å². The van der Waals surface area contributed by atoms with Crippen LogP contribution in [0.15, 0.2) is 23.9 Å². The number of carboxylic acids is 1. The summed E-state index contributed by atoms with van der Waals surface area (Å²) in [5.74, 6) is -1.47. The normalized spacial score (nSPS) is 25.9. The average Bonchev–Trinajstić information content (AvgIpc) is 2.27. The molecule has 0 radical (unpaired) electrons. The number of carboxylic acid groups (broad SMARTS) is 1. The molecule has 1 rings (SSSR count).